The molecule has 0 amide bonds. The Bertz CT molecular complexity index is 449. The number of nitrogens with zero attached hydrogens (tertiary/aromatic N) is 4. The van der Waals surface area contributed by atoms with Gasteiger partial charge in [-0.1, -0.05) is 5.21 Å². The van der Waals surface area contributed by atoms with Crippen LogP contribution in [-0.4, -0.2) is 63.3 Å². The molecule has 0 spiro atoms. The molecule has 1 N–H and O–H groups in total. The van der Waals surface area contributed by atoms with Gasteiger partial charge in [0.2, 0.25) is 0 Å². The van der Waals surface area contributed by atoms with Crippen LogP contribution in [0, 0.1) is 0 Å². The van der Waals surface area contributed by atoms with Gasteiger partial charge >= 0.3 is 5.97 Å². The lowest BCUT2D eigenvalue weighted by Gasteiger charge is -2.49. The second-order valence-electron chi connectivity index (χ2n) is 4.98. The Morgan fingerprint density at radius 3 is 2.72 bits per heavy atom. The summed E-state index contributed by atoms with van der Waals surface area (Å²) in [6.07, 6.45) is 4.12. The van der Waals surface area contributed by atoms with Crippen LogP contribution in [-0.2, 0) is 4.74 Å². The third-order valence-electron chi connectivity index (χ3n) is 3.91. The van der Waals surface area contributed by atoms with Gasteiger partial charge in [0.05, 0.1) is 18.3 Å². The number of carboxylic acids is 1. The minimum atomic E-state index is -1.03. The van der Waals surface area contributed by atoms with Crippen molar-refractivity contribution >= 4 is 5.97 Å². The van der Waals surface area contributed by atoms with Crippen LogP contribution < -0.4 is 0 Å². The molecule has 1 aliphatic carbocycles. The van der Waals surface area contributed by atoms with E-state index >= 15 is 0 Å². The summed E-state index contributed by atoms with van der Waals surface area (Å²) in [7, 11) is 1.75. The molecule has 2 aliphatic rings. The molecule has 0 bridgehead atoms. The van der Waals surface area contributed by atoms with Gasteiger partial charge in [-0.3, -0.25) is 4.90 Å². The van der Waals surface area contributed by atoms with Crippen molar-refractivity contribution in [1.29, 1.82) is 0 Å². The summed E-state index contributed by atoms with van der Waals surface area (Å²) in [6, 6.07) is 0.876. The molecule has 7 nitrogen and oxygen atoms in total. The monoisotopic (exact) mass is 252 g/mol. The van der Waals surface area contributed by atoms with Crippen molar-refractivity contribution < 1.29 is 14.6 Å². The molecule has 0 atom stereocenters. The Morgan fingerprint density at radius 1 is 1.44 bits per heavy atom. The van der Waals surface area contributed by atoms with Crippen molar-refractivity contribution in [3.63, 3.8) is 0 Å². The van der Waals surface area contributed by atoms with Crippen molar-refractivity contribution in [3.8, 4) is 0 Å². The normalized spacial score (nSPS) is 28.7. The summed E-state index contributed by atoms with van der Waals surface area (Å²) in [5.74, 6) is -1.03. The number of aromatic carboxylic acids is 1. The highest BCUT2D eigenvalue weighted by molar-refractivity contribution is 5.84. The van der Waals surface area contributed by atoms with E-state index in [2.05, 4.69) is 15.2 Å². The van der Waals surface area contributed by atoms with Gasteiger partial charge in [0.25, 0.3) is 0 Å². The van der Waals surface area contributed by atoms with Crippen molar-refractivity contribution in [2.45, 2.75) is 31.0 Å². The van der Waals surface area contributed by atoms with Gasteiger partial charge in [-0.05, 0) is 12.8 Å². The fourth-order valence-corrected chi connectivity index (χ4v) is 2.54. The molecular formula is C11H16N4O3. The molecule has 1 aromatic rings. The second kappa shape index (κ2) is 4.33. The van der Waals surface area contributed by atoms with E-state index in [-0.39, 0.29) is 11.7 Å². The summed E-state index contributed by atoms with van der Waals surface area (Å²) in [5.41, 5.74) is 0.0107. The summed E-state index contributed by atoms with van der Waals surface area (Å²) in [6.45, 7) is 1.84. The average molecular weight is 252 g/mol. The SMILES string of the molecule is COC1CC(N2CC(n3cc(C(=O)O)nn3)C2)C1. The van der Waals surface area contributed by atoms with E-state index in [9.17, 15) is 4.79 Å². The van der Waals surface area contributed by atoms with Crippen LogP contribution in [0.25, 0.3) is 0 Å². The van der Waals surface area contributed by atoms with E-state index in [1.54, 1.807) is 11.8 Å². The van der Waals surface area contributed by atoms with Gasteiger partial charge in [0.15, 0.2) is 5.69 Å². The zero-order valence-electron chi connectivity index (χ0n) is 10.2. The Balaban J connectivity index is 1.51. The van der Waals surface area contributed by atoms with Crippen molar-refractivity contribution in [2.75, 3.05) is 20.2 Å². The zero-order chi connectivity index (χ0) is 12.7. The molecule has 0 radical (unpaired) electrons. The third kappa shape index (κ3) is 1.89. The molecule has 1 aromatic heterocycles. The maximum Gasteiger partial charge on any atom is 0.358 e. The number of carboxylic acid groups (broad SMARTS) is 1. The van der Waals surface area contributed by atoms with Crippen LogP contribution in [0.2, 0.25) is 0 Å². The van der Waals surface area contributed by atoms with Gasteiger partial charge in [-0.25, -0.2) is 9.48 Å². The first-order valence-corrected chi connectivity index (χ1v) is 6.09. The van der Waals surface area contributed by atoms with Crippen LogP contribution in [0.4, 0.5) is 0 Å². The van der Waals surface area contributed by atoms with Gasteiger partial charge in [0.1, 0.15) is 0 Å². The first-order valence-electron chi connectivity index (χ1n) is 6.09. The van der Waals surface area contributed by atoms with E-state index in [0.29, 0.717) is 12.1 Å². The molecule has 7 heteroatoms. The van der Waals surface area contributed by atoms with Crippen LogP contribution >= 0.6 is 0 Å². The number of hydrogen-bond acceptors (Lipinski definition) is 5. The van der Waals surface area contributed by atoms with E-state index in [4.69, 9.17) is 9.84 Å². The van der Waals surface area contributed by atoms with Crippen LogP contribution in [0.3, 0.4) is 0 Å². The lowest BCUT2D eigenvalue weighted by Crippen LogP contribution is -2.58. The van der Waals surface area contributed by atoms with E-state index < -0.39 is 5.97 Å². The van der Waals surface area contributed by atoms with Crippen molar-refractivity contribution in [3.05, 3.63) is 11.9 Å². The summed E-state index contributed by atoms with van der Waals surface area (Å²) >= 11 is 0. The molecule has 2 heterocycles. The summed E-state index contributed by atoms with van der Waals surface area (Å²) < 4.78 is 6.92. The van der Waals surface area contributed by atoms with Crippen LogP contribution in [0.5, 0.6) is 0 Å². The number of rotatable bonds is 4. The zero-order valence-corrected chi connectivity index (χ0v) is 10.2. The largest absolute Gasteiger partial charge is 0.476 e. The first-order chi connectivity index (χ1) is 8.67. The van der Waals surface area contributed by atoms with Crippen molar-refractivity contribution in [2.24, 2.45) is 0 Å². The van der Waals surface area contributed by atoms with Gasteiger partial charge < -0.3 is 9.84 Å². The Kier molecular flexibility index (Phi) is 2.79. The predicted octanol–water partition coefficient (Wildman–Crippen LogP) is 0.0104. The van der Waals surface area contributed by atoms with E-state index in [1.807, 2.05) is 0 Å². The summed E-state index contributed by atoms with van der Waals surface area (Å²) in [4.78, 5) is 13.1. The Hall–Kier alpha value is -1.47. The minimum absolute atomic E-state index is 0.0107. The maximum absolute atomic E-state index is 10.7. The molecule has 2 fully saturated rings. The van der Waals surface area contributed by atoms with E-state index in [0.717, 1.165) is 25.9 Å². The molecule has 98 valence electrons. The highest BCUT2D eigenvalue weighted by Crippen LogP contribution is 2.33. The second-order valence-corrected chi connectivity index (χ2v) is 4.98. The highest BCUT2D eigenvalue weighted by Gasteiger charge is 2.40. The van der Waals surface area contributed by atoms with Crippen molar-refractivity contribution in [1.82, 2.24) is 19.9 Å². The smallest absolute Gasteiger partial charge is 0.358 e. The maximum atomic E-state index is 10.7. The third-order valence-corrected chi connectivity index (χ3v) is 3.91. The predicted molar refractivity (Wildman–Crippen MR) is 61.4 cm³/mol. The van der Waals surface area contributed by atoms with E-state index in [1.165, 1.54) is 6.20 Å². The number of carbonyl (C=O) groups is 1. The molecule has 0 aromatic carbocycles. The number of methoxy groups -OCH3 is 1. The molecule has 1 saturated heterocycles. The lowest BCUT2D eigenvalue weighted by atomic mass is 9.85. The lowest BCUT2D eigenvalue weighted by molar-refractivity contribution is -0.0631. The topological polar surface area (TPSA) is 80.5 Å². The molecule has 18 heavy (non-hydrogen) atoms. The number of likely N-dealkylation sites (tertiary alicyclic amines) is 1. The molecule has 1 aliphatic heterocycles. The quantitative estimate of drug-likeness (QED) is 0.813. The molecule has 0 unspecified atom stereocenters. The summed E-state index contributed by atoms with van der Waals surface area (Å²) in [5, 5.41) is 16.3. The molecule has 1 saturated carbocycles. The van der Waals surface area contributed by atoms with Gasteiger partial charge in [-0.2, -0.15) is 0 Å². The molecule has 3 rings (SSSR count). The van der Waals surface area contributed by atoms with Gasteiger partial charge in [0, 0.05) is 26.2 Å². The average Bonchev–Trinajstić information content (AvgIpc) is 2.68. The van der Waals surface area contributed by atoms with Crippen LogP contribution in [0.1, 0.15) is 29.4 Å². The Labute approximate surface area is 104 Å². The fraction of sp³-hybridized carbons (Fsp3) is 0.727. The van der Waals surface area contributed by atoms with Gasteiger partial charge in [-0.15, -0.1) is 5.10 Å². The minimum Gasteiger partial charge on any atom is -0.476 e. The highest BCUT2D eigenvalue weighted by atomic mass is 16.5. The first kappa shape index (κ1) is 11.6. The fourth-order valence-electron chi connectivity index (χ4n) is 2.54. The molecular weight excluding hydrogens is 236 g/mol. The number of hydrogen-bond donors (Lipinski definition) is 1. The number of aromatic nitrogens is 3. The number of ether oxygens (including phenoxy) is 1. The standard InChI is InChI=1S/C11H16N4O3/c1-18-9-2-7(3-9)14-4-8(5-14)15-6-10(11(16)17)12-13-15/h6-9H,2-5H2,1H3,(H,16,17). The van der Waals surface area contributed by atoms with Crippen LogP contribution in [0.15, 0.2) is 6.20 Å². The Morgan fingerprint density at radius 2 is 2.17 bits per heavy atom.